The third kappa shape index (κ3) is 3.48. The lowest BCUT2D eigenvalue weighted by molar-refractivity contribution is -0.113. The van der Waals surface area contributed by atoms with Gasteiger partial charge in [0.25, 0.3) is 11.1 Å². The van der Waals surface area contributed by atoms with Gasteiger partial charge in [-0.15, -0.1) is 10.2 Å². The first-order chi connectivity index (χ1) is 12.7. The maximum absolute atomic E-state index is 12.2. The van der Waals surface area contributed by atoms with E-state index in [1.807, 2.05) is 49.4 Å². The first kappa shape index (κ1) is 16.4. The highest BCUT2D eigenvalue weighted by atomic mass is 32.2. The summed E-state index contributed by atoms with van der Waals surface area (Å²) in [6, 6.07) is 15.6. The molecule has 0 radical (unpaired) electrons. The maximum Gasteiger partial charge on any atom is 0.277 e. The van der Waals surface area contributed by atoms with Gasteiger partial charge < -0.3 is 14.2 Å². The molecule has 1 N–H and O–H groups in total. The lowest BCUT2D eigenvalue weighted by Crippen LogP contribution is -2.13. The molecule has 7 heteroatoms. The number of furan rings is 1. The molecule has 0 aliphatic heterocycles. The van der Waals surface area contributed by atoms with Gasteiger partial charge in [-0.25, -0.2) is 0 Å². The van der Waals surface area contributed by atoms with E-state index in [1.54, 1.807) is 12.3 Å². The average molecular weight is 365 g/mol. The number of nitrogens with zero attached hydrogens (tertiary/aromatic N) is 2. The molecule has 1 amide bonds. The van der Waals surface area contributed by atoms with E-state index in [9.17, 15) is 4.79 Å². The zero-order chi connectivity index (χ0) is 17.9. The van der Waals surface area contributed by atoms with Crippen LogP contribution < -0.4 is 5.32 Å². The molecule has 0 saturated carbocycles. The van der Waals surface area contributed by atoms with Gasteiger partial charge in [0.05, 0.1) is 17.6 Å². The van der Waals surface area contributed by atoms with Gasteiger partial charge in [-0.3, -0.25) is 4.79 Å². The molecule has 0 aliphatic rings. The molecule has 4 aromatic rings. The van der Waals surface area contributed by atoms with Gasteiger partial charge in [0.15, 0.2) is 0 Å². The first-order valence-corrected chi connectivity index (χ1v) is 8.97. The fourth-order valence-electron chi connectivity index (χ4n) is 2.58. The van der Waals surface area contributed by atoms with Crippen LogP contribution in [0.25, 0.3) is 22.2 Å². The van der Waals surface area contributed by atoms with Gasteiger partial charge in [-0.2, -0.15) is 0 Å². The van der Waals surface area contributed by atoms with E-state index in [2.05, 4.69) is 15.5 Å². The number of thioether (sulfide) groups is 1. The van der Waals surface area contributed by atoms with Crippen LogP contribution in [0.5, 0.6) is 0 Å². The Labute approximate surface area is 153 Å². The molecule has 0 saturated heterocycles. The molecule has 4 rings (SSSR count). The number of anilines is 1. The zero-order valence-electron chi connectivity index (χ0n) is 13.9. The molecule has 130 valence electrons. The van der Waals surface area contributed by atoms with E-state index < -0.39 is 0 Å². The summed E-state index contributed by atoms with van der Waals surface area (Å²) in [7, 11) is 0. The molecule has 2 aromatic heterocycles. The third-order valence-electron chi connectivity index (χ3n) is 3.86. The minimum absolute atomic E-state index is 0.135. The van der Waals surface area contributed by atoms with Crippen molar-refractivity contribution in [3.63, 3.8) is 0 Å². The average Bonchev–Trinajstić information content (AvgIpc) is 3.28. The predicted molar refractivity (Wildman–Crippen MR) is 100 cm³/mol. The Balaban J connectivity index is 1.38. The molecular formula is C19H15N3O3S. The van der Waals surface area contributed by atoms with Gasteiger partial charge in [0, 0.05) is 5.69 Å². The number of rotatable bonds is 5. The van der Waals surface area contributed by atoms with E-state index in [0.29, 0.717) is 16.9 Å². The van der Waals surface area contributed by atoms with E-state index in [1.165, 1.54) is 11.8 Å². The molecule has 2 heterocycles. The van der Waals surface area contributed by atoms with Crippen molar-refractivity contribution in [3.8, 4) is 11.5 Å². The molecule has 0 unspecified atom stereocenters. The Morgan fingerprint density at radius 2 is 1.96 bits per heavy atom. The minimum Gasteiger partial charge on any atom is -0.469 e. The number of carbonyl (C=O) groups is 1. The second-order valence-corrected chi connectivity index (χ2v) is 6.59. The number of benzene rings is 2. The van der Waals surface area contributed by atoms with E-state index in [4.69, 9.17) is 8.83 Å². The van der Waals surface area contributed by atoms with Gasteiger partial charge in [0.1, 0.15) is 5.76 Å². The molecule has 0 spiro atoms. The summed E-state index contributed by atoms with van der Waals surface area (Å²) in [5.41, 5.74) is 1.51. The second-order valence-electron chi connectivity index (χ2n) is 5.66. The normalized spacial score (nSPS) is 11.0. The second kappa shape index (κ2) is 7.05. The first-order valence-electron chi connectivity index (χ1n) is 7.98. The smallest absolute Gasteiger partial charge is 0.277 e. The van der Waals surface area contributed by atoms with Crippen molar-refractivity contribution in [1.82, 2.24) is 10.2 Å². The maximum atomic E-state index is 12.2. The molecule has 6 nitrogen and oxygen atoms in total. The van der Waals surface area contributed by atoms with Crippen molar-refractivity contribution in [2.24, 2.45) is 0 Å². The third-order valence-corrected chi connectivity index (χ3v) is 4.67. The van der Waals surface area contributed by atoms with Gasteiger partial charge >= 0.3 is 0 Å². The Morgan fingerprint density at radius 3 is 2.77 bits per heavy atom. The highest BCUT2D eigenvalue weighted by Crippen LogP contribution is 2.26. The highest BCUT2D eigenvalue weighted by Gasteiger charge is 2.14. The molecule has 0 fully saturated rings. The van der Waals surface area contributed by atoms with Crippen molar-refractivity contribution in [1.29, 1.82) is 0 Å². The van der Waals surface area contributed by atoms with Crippen LogP contribution in [0.2, 0.25) is 0 Å². The molecule has 0 aliphatic carbocycles. The van der Waals surface area contributed by atoms with E-state index in [-0.39, 0.29) is 11.7 Å². The number of hydrogen-bond acceptors (Lipinski definition) is 6. The Kier molecular flexibility index (Phi) is 4.45. The highest BCUT2D eigenvalue weighted by molar-refractivity contribution is 7.99. The number of fused-ring (bicyclic) bond motifs is 1. The molecular weight excluding hydrogens is 350 g/mol. The van der Waals surface area contributed by atoms with Crippen molar-refractivity contribution < 1.29 is 13.6 Å². The lowest BCUT2D eigenvalue weighted by Gasteiger charge is -2.05. The fraction of sp³-hybridized carbons (Fsp3) is 0.105. The largest absolute Gasteiger partial charge is 0.469 e. The van der Waals surface area contributed by atoms with Crippen molar-refractivity contribution in [2.75, 3.05) is 11.1 Å². The van der Waals surface area contributed by atoms with Gasteiger partial charge in [-0.1, -0.05) is 42.1 Å². The Morgan fingerprint density at radius 1 is 1.12 bits per heavy atom. The summed E-state index contributed by atoms with van der Waals surface area (Å²) in [6.07, 6.45) is 1.57. The standard InChI is InChI=1S/C19H15N3O3S/c1-12-16(8-9-24-12)18-21-22-19(25-18)26-11-17(23)20-15-7-6-13-4-2-3-5-14(13)10-15/h2-10H,11H2,1H3,(H,20,23). The van der Waals surface area contributed by atoms with Crippen LogP contribution in [0, 0.1) is 6.92 Å². The van der Waals surface area contributed by atoms with Crippen LogP contribution in [-0.4, -0.2) is 21.9 Å². The van der Waals surface area contributed by atoms with E-state index >= 15 is 0 Å². The number of carbonyl (C=O) groups excluding carboxylic acids is 1. The topological polar surface area (TPSA) is 81.2 Å². The quantitative estimate of drug-likeness (QED) is 0.524. The Bertz CT molecular complexity index is 1070. The van der Waals surface area contributed by atoms with Crippen molar-refractivity contribution >= 4 is 34.1 Å². The number of aromatic nitrogens is 2. The fourth-order valence-corrected chi connectivity index (χ4v) is 3.14. The predicted octanol–water partition coefficient (Wildman–Crippen LogP) is 4.52. The summed E-state index contributed by atoms with van der Waals surface area (Å²) in [6.45, 7) is 1.82. The van der Waals surface area contributed by atoms with Gasteiger partial charge in [0.2, 0.25) is 5.91 Å². The van der Waals surface area contributed by atoms with Crippen LogP contribution >= 0.6 is 11.8 Å². The van der Waals surface area contributed by atoms with Crippen molar-refractivity contribution in [3.05, 3.63) is 60.6 Å². The minimum atomic E-state index is -0.135. The van der Waals surface area contributed by atoms with Crippen LogP contribution in [0.15, 0.2) is 68.9 Å². The summed E-state index contributed by atoms with van der Waals surface area (Å²) >= 11 is 1.19. The van der Waals surface area contributed by atoms with Crippen LogP contribution in [0.3, 0.4) is 0 Å². The number of hydrogen-bond donors (Lipinski definition) is 1. The van der Waals surface area contributed by atoms with Crippen LogP contribution in [0.4, 0.5) is 5.69 Å². The summed E-state index contributed by atoms with van der Waals surface area (Å²) < 4.78 is 10.8. The number of nitrogens with one attached hydrogen (secondary N) is 1. The summed E-state index contributed by atoms with van der Waals surface area (Å²) in [5, 5.41) is 13.4. The molecule has 2 aromatic carbocycles. The summed E-state index contributed by atoms with van der Waals surface area (Å²) in [4.78, 5) is 12.2. The summed E-state index contributed by atoms with van der Waals surface area (Å²) in [5.74, 6) is 1.14. The SMILES string of the molecule is Cc1occc1-c1nnc(SCC(=O)Nc2ccc3ccccc3c2)o1. The lowest BCUT2D eigenvalue weighted by atomic mass is 10.1. The van der Waals surface area contributed by atoms with E-state index in [0.717, 1.165) is 22.0 Å². The zero-order valence-corrected chi connectivity index (χ0v) is 14.7. The van der Waals surface area contributed by atoms with Gasteiger partial charge in [-0.05, 0) is 35.9 Å². The molecule has 0 bridgehead atoms. The molecule has 0 atom stereocenters. The monoisotopic (exact) mass is 365 g/mol. The Hall–Kier alpha value is -3.06. The van der Waals surface area contributed by atoms with Crippen molar-refractivity contribution in [2.45, 2.75) is 12.1 Å². The van der Waals surface area contributed by atoms with Crippen LogP contribution in [0.1, 0.15) is 5.76 Å². The number of aryl methyl sites for hydroxylation is 1. The number of amides is 1. The van der Waals surface area contributed by atoms with Crippen LogP contribution in [-0.2, 0) is 4.79 Å². The molecule has 26 heavy (non-hydrogen) atoms.